The molecule has 2 heteroatoms. The Morgan fingerprint density at radius 2 is 0.868 bits per heavy atom. The normalized spacial score (nSPS) is 12.2. The first-order valence-corrected chi connectivity index (χ1v) is 14.5. The summed E-state index contributed by atoms with van der Waals surface area (Å²) in [6.07, 6.45) is 5.99. The molecule has 0 spiro atoms. The van der Waals surface area contributed by atoms with Gasteiger partial charge in [-0.3, -0.25) is 0 Å². The van der Waals surface area contributed by atoms with Gasteiger partial charge in [-0.25, -0.2) is 0 Å². The van der Waals surface area contributed by atoms with E-state index in [1.165, 1.54) is 78.4 Å². The molecule has 0 aliphatic heterocycles. The lowest BCUT2D eigenvalue weighted by Gasteiger charge is -2.28. The van der Waals surface area contributed by atoms with Crippen molar-refractivity contribution in [1.82, 2.24) is 0 Å². The van der Waals surface area contributed by atoms with Gasteiger partial charge >= 0.3 is 0 Å². The first kappa shape index (κ1) is 26.1. The lowest BCUT2D eigenvalue weighted by molar-refractivity contribution is 1.00. The zero-order valence-corrected chi connectivity index (χ0v) is 24.0. The molecule has 0 radical (unpaired) electrons. The van der Waals surface area contributed by atoms with Gasteiger partial charge in [-0.05, 0) is 96.2 Å². The molecule has 0 amide bonds. The zero-order valence-electron chi connectivity index (χ0n) is 24.0. The molecule has 0 unspecified atom stereocenters. The molecule has 1 aliphatic rings. The Kier molecular flexibility index (Phi) is 7.61. The van der Waals surface area contributed by atoms with Gasteiger partial charge in [0.25, 0.3) is 0 Å². The highest BCUT2D eigenvalue weighted by atomic mass is 14.9. The maximum absolute atomic E-state index is 3.95. The van der Waals surface area contributed by atoms with E-state index in [9.17, 15) is 0 Å². The molecule has 1 aliphatic carbocycles. The number of hydrogen-bond donors (Lipinski definition) is 2. The second-order valence-corrected chi connectivity index (χ2v) is 10.8. The highest BCUT2D eigenvalue weighted by molar-refractivity contribution is 5.79. The largest absolute Gasteiger partial charge is 0.355 e. The van der Waals surface area contributed by atoms with Gasteiger partial charge in [0, 0.05) is 35.6 Å². The highest BCUT2D eigenvalue weighted by Gasteiger charge is 2.23. The quantitative estimate of drug-likeness (QED) is 0.221. The molecule has 0 saturated carbocycles. The first-order chi connectivity index (χ1) is 18.4. The number of aryl methyl sites for hydroxylation is 6. The second kappa shape index (κ2) is 11.1. The summed E-state index contributed by atoms with van der Waals surface area (Å²) in [4.78, 5) is 0. The minimum Gasteiger partial charge on any atom is -0.355 e. The Morgan fingerprint density at radius 1 is 0.526 bits per heavy atom. The van der Waals surface area contributed by atoms with Crippen LogP contribution in [0.1, 0.15) is 83.3 Å². The third-order valence-electron chi connectivity index (χ3n) is 8.22. The monoisotopic (exact) mass is 502 g/mol. The van der Waals surface area contributed by atoms with E-state index in [-0.39, 0.29) is 0 Å². The fraction of sp³-hybridized carbons (Fsp3) is 0.333. The van der Waals surface area contributed by atoms with Crippen molar-refractivity contribution >= 4 is 22.7 Å². The molecule has 0 fully saturated rings. The second-order valence-electron chi connectivity index (χ2n) is 10.8. The van der Waals surface area contributed by atoms with Gasteiger partial charge in [0.05, 0.1) is 0 Å². The third-order valence-corrected chi connectivity index (χ3v) is 8.22. The molecule has 0 aromatic heterocycles. The summed E-state index contributed by atoms with van der Waals surface area (Å²) in [6, 6.07) is 22.9. The number of fused-ring (bicyclic) bond motifs is 2. The van der Waals surface area contributed by atoms with Crippen molar-refractivity contribution in [2.45, 2.75) is 80.1 Å². The van der Waals surface area contributed by atoms with Crippen LogP contribution in [0.3, 0.4) is 0 Å². The van der Waals surface area contributed by atoms with Crippen molar-refractivity contribution in [2.75, 3.05) is 10.6 Å². The van der Waals surface area contributed by atoms with Gasteiger partial charge in [-0.15, -0.1) is 0 Å². The molecule has 5 rings (SSSR count). The summed E-state index contributed by atoms with van der Waals surface area (Å²) < 4.78 is 0. The number of rotatable bonds is 8. The Bertz CT molecular complexity index is 1320. The van der Waals surface area contributed by atoms with Crippen molar-refractivity contribution in [3.63, 3.8) is 0 Å². The van der Waals surface area contributed by atoms with E-state index in [1.807, 2.05) is 0 Å². The van der Waals surface area contributed by atoms with Crippen LogP contribution < -0.4 is 10.6 Å². The van der Waals surface area contributed by atoms with Crippen LogP contribution in [0.5, 0.6) is 0 Å². The lowest BCUT2D eigenvalue weighted by atomic mass is 9.83. The molecule has 196 valence electrons. The average Bonchev–Trinajstić information content (AvgIpc) is 2.94. The number of hydrogen-bond acceptors (Lipinski definition) is 2. The van der Waals surface area contributed by atoms with Crippen LogP contribution >= 0.6 is 0 Å². The van der Waals surface area contributed by atoms with E-state index < -0.39 is 0 Å². The highest BCUT2D eigenvalue weighted by Crippen LogP contribution is 2.40. The Balaban J connectivity index is 1.63. The molecule has 2 nitrogen and oxygen atoms in total. The minimum absolute atomic E-state index is 0.952. The van der Waals surface area contributed by atoms with Crippen LogP contribution in [0.25, 0.3) is 0 Å². The van der Waals surface area contributed by atoms with E-state index in [4.69, 9.17) is 0 Å². The van der Waals surface area contributed by atoms with Crippen LogP contribution in [0.4, 0.5) is 22.7 Å². The summed E-state index contributed by atoms with van der Waals surface area (Å²) in [5.41, 5.74) is 19.1. The molecule has 4 aromatic rings. The van der Waals surface area contributed by atoms with E-state index in [2.05, 4.69) is 113 Å². The Labute approximate surface area is 229 Å². The summed E-state index contributed by atoms with van der Waals surface area (Å²) in [7, 11) is 0. The molecule has 4 aromatic carbocycles. The fourth-order valence-corrected chi connectivity index (χ4v) is 6.20. The van der Waals surface area contributed by atoms with Crippen molar-refractivity contribution < 1.29 is 0 Å². The maximum Gasteiger partial charge on any atom is 0.0449 e. The number of anilines is 4. The molecule has 0 saturated heterocycles. The average molecular weight is 503 g/mol. The van der Waals surface area contributed by atoms with Gasteiger partial charge in [-0.1, -0.05) is 87.4 Å². The van der Waals surface area contributed by atoms with E-state index in [0.29, 0.717) is 0 Å². The smallest absolute Gasteiger partial charge is 0.0449 e. The molecular formula is C36H42N2. The van der Waals surface area contributed by atoms with E-state index in [1.54, 1.807) is 0 Å². The zero-order chi connectivity index (χ0) is 26.8. The lowest BCUT2D eigenvalue weighted by Crippen LogP contribution is -2.14. The van der Waals surface area contributed by atoms with Crippen LogP contribution in [0, 0.1) is 13.8 Å². The van der Waals surface area contributed by atoms with Gasteiger partial charge < -0.3 is 10.6 Å². The van der Waals surface area contributed by atoms with Gasteiger partial charge in [0.15, 0.2) is 0 Å². The minimum atomic E-state index is 0.952. The summed E-state index contributed by atoms with van der Waals surface area (Å²) >= 11 is 0. The fourth-order valence-electron chi connectivity index (χ4n) is 6.20. The van der Waals surface area contributed by atoms with Crippen molar-refractivity contribution in [3.8, 4) is 0 Å². The van der Waals surface area contributed by atoms with Crippen molar-refractivity contribution in [3.05, 3.63) is 116 Å². The third kappa shape index (κ3) is 4.97. The topological polar surface area (TPSA) is 24.1 Å². The Hall–Kier alpha value is -3.52. The van der Waals surface area contributed by atoms with Crippen LogP contribution in [-0.2, 0) is 38.5 Å². The molecule has 0 bridgehead atoms. The van der Waals surface area contributed by atoms with Crippen molar-refractivity contribution in [1.29, 1.82) is 0 Å². The van der Waals surface area contributed by atoms with Crippen LogP contribution in [-0.4, -0.2) is 0 Å². The predicted molar refractivity (Wildman–Crippen MR) is 165 cm³/mol. The van der Waals surface area contributed by atoms with Gasteiger partial charge in [-0.2, -0.15) is 0 Å². The summed E-state index contributed by atoms with van der Waals surface area (Å²) in [6.45, 7) is 13.5. The predicted octanol–water partition coefficient (Wildman–Crippen LogP) is 9.54. The standard InChI is InChI=1S/C36H42N2/c1-7-25-17-23(5)18-26(8-2)35(25)37-33-15-16-34(32-22-30-14-12-11-13-29(30)21-31(32)33)38-36-27(9-3)19-24(6)20-28(36)10-4/h11-20,37-38H,7-10,21-22H2,1-6H3. The first-order valence-electron chi connectivity index (χ1n) is 14.5. The molecule has 38 heavy (non-hydrogen) atoms. The molecular weight excluding hydrogens is 460 g/mol. The van der Waals surface area contributed by atoms with E-state index >= 15 is 0 Å². The van der Waals surface area contributed by atoms with Gasteiger partial charge in [0.2, 0.25) is 0 Å². The molecule has 0 heterocycles. The molecule has 0 atom stereocenters. The SMILES string of the molecule is CCc1cc(C)cc(CC)c1Nc1ccc(Nc2c(CC)cc(C)cc2CC)c2c1Cc1ccccc1C2. The number of benzene rings is 4. The van der Waals surface area contributed by atoms with Gasteiger partial charge in [0.1, 0.15) is 0 Å². The maximum atomic E-state index is 3.95. The molecule has 2 N–H and O–H groups in total. The number of nitrogens with one attached hydrogen (secondary N) is 2. The Morgan fingerprint density at radius 3 is 1.18 bits per heavy atom. The van der Waals surface area contributed by atoms with Crippen molar-refractivity contribution in [2.24, 2.45) is 0 Å². The van der Waals surface area contributed by atoms with Crippen LogP contribution in [0.2, 0.25) is 0 Å². The summed E-state index contributed by atoms with van der Waals surface area (Å²) in [5.74, 6) is 0. The van der Waals surface area contributed by atoms with Crippen LogP contribution in [0.15, 0.2) is 60.7 Å². The van der Waals surface area contributed by atoms with E-state index in [0.717, 1.165) is 38.5 Å². The summed E-state index contributed by atoms with van der Waals surface area (Å²) in [5, 5.41) is 7.89.